The number of nitrogens with zero attached hydrogens (tertiary/aromatic N) is 1. The highest BCUT2D eigenvalue weighted by atomic mass is 16.4. The molecule has 2 aliphatic heterocycles. The molecule has 2 unspecified atom stereocenters. The first kappa shape index (κ1) is 13.8. The lowest BCUT2D eigenvalue weighted by Gasteiger charge is -2.39. The number of rotatable bonds is 2. The third kappa shape index (κ3) is 2.31. The summed E-state index contributed by atoms with van der Waals surface area (Å²) in [5.41, 5.74) is 0.846. The van der Waals surface area contributed by atoms with Crippen LogP contribution in [0.3, 0.4) is 0 Å². The molecule has 1 aromatic carbocycles. The van der Waals surface area contributed by atoms with Crippen LogP contribution in [-0.4, -0.2) is 34.5 Å². The molecule has 4 bridgehead atoms. The van der Waals surface area contributed by atoms with Gasteiger partial charge in [0, 0.05) is 18.2 Å². The third-order valence-electron chi connectivity index (χ3n) is 5.75. The molecule has 2 saturated carbocycles. The number of carbonyl (C=O) groups excluding carboxylic acids is 1. The highest BCUT2D eigenvalue weighted by Crippen LogP contribution is 2.47. The number of carboxylic acid groups (broad SMARTS) is 1. The molecular formula is C18H21NO3. The largest absolute Gasteiger partial charge is 0.478 e. The van der Waals surface area contributed by atoms with Crippen molar-refractivity contribution in [3.05, 3.63) is 35.4 Å². The minimum Gasteiger partial charge on any atom is -0.478 e. The van der Waals surface area contributed by atoms with E-state index in [0.29, 0.717) is 17.5 Å². The van der Waals surface area contributed by atoms with E-state index in [4.69, 9.17) is 5.11 Å². The van der Waals surface area contributed by atoms with E-state index in [1.165, 1.54) is 31.4 Å². The maximum atomic E-state index is 12.9. The van der Waals surface area contributed by atoms with Gasteiger partial charge in [-0.3, -0.25) is 4.79 Å². The van der Waals surface area contributed by atoms with Gasteiger partial charge in [-0.2, -0.15) is 0 Å². The van der Waals surface area contributed by atoms with E-state index in [2.05, 4.69) is 4.90 Å². The maximum absolute atomic E-state index is 12.9. The van der Waals surface area contributed by atoms with Crippen LogP contribution >= 0.6 is 0 Å². The molecule has 4 heteroatoms. The van der Waals surface area contributed by atoms with Crippen LogP contribution in [0.15, 0.2) is 24.3 Å². The summed E-state index contributed by atoms with van der Waals surface area (Å²) in [6.45, 7) is 0.886. The van der Waals surface area contributed by atoms with Crippen molar-refractivity contribution >= 4 is 11.9 Å². The fraction of sp³-hybridized carbons (Fsp3) is 0.556. The zero-order valence-electron chi connectivity index (χ0n) is 12.6. The molecule has 2 saturated heterocycles. The zero-order valence-corrected chi connectivity index (χ0v) is 12.6. The number of amides is 1. The van der Waals surface area contributed by atoms with Gasteiger partial charge in [0.25, 0.3) is 5.91 Å². The van der Waals surface area contributed by atoms with E-state index in [1.54, 1.807) is 12.1 Å². The summed E-state index contributed by atoms with van der Waals surface area (Å²) in [4.78, 5) is 25.9. The second-order valence-corrected chi connectivity index (χ2v) is 7.27. The van der Waals surface area contributed by atoms with Crippen LogP contribution in [0.1, 0.15) is 52.8 Å². The van der Waals surface area contributed by atoms with E-state index >= 15 is 0 Å². The van der Waals surface area contributed by atoms with E-state index in [0.717, 1.165) is 31.2 Å². The normalized spacial score (nSPS) is 32.8. The Morgan fingerprint density at radius 1 is 0.864 bits per heavy atom. The van der Waals surface area contributed by atoms with Gasteiger partial charge in [0.15, 0.2) is 0 Å². The van der Waals surface area contributed by atoms with Gasteiger partial charge in [-0.05, 0) is 74.1 Å². The molecule has 1 aromatic rings. The van der Waals surface area contributed by atoms with Crippen molar-refractivity contribution < 1.29 is 14.7 Å². The van der Waals surface area contributed by atoms with Crippen LogP contribution < -0.4 is 0 Å². The van der Waals surface area contributed by atoms with Crippen LogP contribution in [-0.2, 0) is 0 Å². The van der Waals surface area contributed by atoms with Crippen molar-refractivity contribution in [3.63, 3.8) is 0 Å². The molecule has 4 nitrogen and oxygen atoms in total. The third-order valence-corrected chi connectivity index (χ3v) is 5.75. The maximum Gasteiger partial charge on any atom is 0.335 e. The summed E-state index contributed by atoms with van der Waals surface area (Å²) < 4.78 is 0. The monoisotopic (exact) mass is 299 g/mol. The molecule has 2 aliphatic carbocycles. The number of hydrogen-bond acceptors (Lipinski definition) is 2. The second kappa shape index (κ2) is 5.11. The Labute approximate surface area is 130 Å². The average Bonchev–Trinajstić information content (AvgIpc) is 2.70. The molecular weight excluding hydrogens is 278 g/mol. The van der Waals surface area contributed by atoms with Crippen molar-refractivity contribution in [2.45, 2.75) is 38.1 Å². The average molecular weight is 299 g/mol. The van der Waals surface area contributed by atoms with Gasteiger partial charge in [-0.15, -0.1) is 0 Å². The fourth-order valence-corrected chi connectivity index (χ4v) is 4.95. The smallest absolute Gasteiger partial charge is 0.335 e. The van der Waals surface area contributed by atoms with Crippen molar-refractivity contribution in [2.75, 3.05) is 6.54 Å². The summed E-state index contributed by atoms with van der Waals surface area (Å²) in [7, 11) is 0. The van der Waals surface area contributed by atoms with E-state index in [9.17, 15) is 9.59 Å². The first-order chi connectivity index (χ1) is 10.6. The first-order valence-corrected chi connectivity index (χ1v) is 8.24. The van der Waals surface area contributed by atoms with E-state index in [-0.39, 0.29) is 11.5 Å². The number of aromatic carboxylic acids is 1. The molecule has 116 valence electrons. The van der Waals surface area contributed by atoms with Gasteiger partial charge in [0.1, 0.15) is 0 Å². The SMILES string of the molecule is O=C(O)c1ccc(C(=O)N2CC3CC4CC(C3)CC2C4)cc1. The molecule has 0 spiro atoms. The van der Waals surface area contributed by atoms with Crippen molar-refractivity contribution in [1.82, 2.24) is 4.90 Å². The number of fused-ring (bicyclic) bond motifs is 1. The minimum atomic E-state index is -0.954. The summed E-state index contributed by atoms with van der Waals surface area (Å²) in [5.74, 6) is 1.42. The van der Waals surface area contributed by atoms with Crippen molar-refractivity contribution in [2.24, 2.45) is 17.8 Å². The number of hydrogen-bond donors (Lipinski definition) is 1. The highest BCUT2D eigenvalue weighted by molar-refractivity contribution is 5.96. The molecule has 0 radical (unpaired) electrons. The molecule has 5 rings (SSSR count). The van der Waals surface area contributed by atoms with E-state index in [1.807, 2.05) is 0 Å². The Balaban J connectivity index is 1.58. The quantitative estimate of drug-likeness (QED) is 0.913. The Morgan fingerprint density at radius 3 is 2.00 bits per heavy atom. The number of carbonyl (C=O) groups is 2. The lowest BCUT2D eigenvalue weighted by molar-refractivity contribution is 0.0630. The number of carboxylic acids is 1. The van der Waals surface area contributed by atoms with Crippen LogP contribution in [0.25, 0.3) is 0 Å². The van der Waals surface area contributed by atoms with Crippen LogP contribution in [0.5, 0.6) is 0 Å². The molecule has 1 N–H and O–H groups in total. The Hall–Kier alpha value is -1.84. The molecule has 4 fully saturated rings. The lowest BCUT2D eigenvalue weighted by atomic mass is 9.68. The predicted molar refractivity (Wildman–Crippen MR) is 81.8 cm³/mol. The predicted octanol–water partition coefficient (Wildman–Crippen LogP) is 3.04. The summed E-state index contributed by atoms with van der Waals surface area (Å²) >= 11 is 0. The first-order valence-electron chi connectivity index (χ1n) is 8.24. The molecule has 0 aromatic heterocycles. The van der Waals surface area contributed by atoms with Gasteiger partial charge >= 0.3 is 5.97 Å². The summed E-state index contributed by atoms with van der Waals surface area (Å²) in [6, 6.07) is 6.75. The van der Waals surface area contributed by atoms with Crippen LogP contribution in [0.2, 0.25) is 0 Å². The number of benzene rings is 1. The van der Waals surface area contributed by atoms with E-state index < -0.39 is 5.97 Å². The lowest BCUT2D eigenvalue weighted by Crippen LogP contribution is -2.42. The van der Waals surface area contributed by atoms with Crippen molar-refractivity contribution in [3.8, 4) is 0 Å². The summed E-state index contributed by atoms with van der Waals surface area (Å²) in [5, 5.41) is 8.96. The van der Waals surface area contributed by atoms with Gasteiger partial charge in [-0.1, -0.05) is 0 Å². The molecule has 1 amide bonds. The van der Waals surface area contributed by atoms with Gasteiger partial charge in [0.05, 0.1) is 5.56 Å². The Bertz CT molecular complexity index is 595. The molecule has 4 aliphatic rings. The Kier molecular flexibility index (Phi) is 3.21. The molecule has 22 heavy (non-hydrogen) atoms. The topological polar surface area (TPSA) is 57.6 Å². The standard InChI is InChI=1S/C18H21NO3/c20-17(14-1-3-15(4-2-14)18(21)22)19-10-13-6-11-5-12(7-13)9-16(19)8-11/h1-4,11-13,16H,5-10H2,(H,21,22). The van der Waals surface area contributed by atoms with Crippen LogP contribution in [0, 0.1) is 17.8 Å². The van der Waals surface area contributed by atoms with Gasteiger partial charge < -0.3 is 10.0 Å². The molecule has 2 heterocycles. The van der Waals surface area contributed by atoms with Crippen LogP contribution in [0.4, 0.5) is 0 Å². The molecule has 2 atom stereocenters. The van der Waals surface area contributed by atoms with Crippen molar-refractivity contribution in [1.29, 1.82) is 0 Å². The van der Waals surface area contributed by atoms with Gasteiger partial charge in [0.2, 0.25) is 0 Å². The Morgan fingerprint density at radius 2 is 1.41 bits per heavy atom. The zero-order chi connectivity index (χ0) is 15.3. The second-order valence-electron chi connectivity index (χ2n) is 7.27. The minimum absolute atomic E-state index is 0.0788. The van der Waals surface area contributed by atoms with Gasteiger partial charge in [-0.25, -0.2) is 4.79 Å². The fourth-order valence-electron chi connectivity index (χ4n) is 4.95. The highest BCUT2D eigenvalue weighted by Gasteiger charge is 2.44. The summed E-state index contributed by atoms with van der Waals surface area (Å²) in [6.07, 6.45) is 6.25.